The molecule has 0 radical (unpaired) electrons. The number of aromatic nitrogens is 1. The molecule has 1 aliphatic heterocycles. The van der Waals surface area contributed by atoms with Crippen LogP contribution in [0.15, 0.2) is 91.0 Å². The highest BCUT2D eigenvalue weighted by molar-refractivity contribution is 6.01. The molecule has 1 N–H and O–H groups in total. The second kappa shape index (κ2) is 10.8. The maximum absolute atomic E-state index is 14.3. The first-order valence-corrected chi connectivity index (χ1v) is 12.7. The highest BCUT2D eigenvalue weighted by atomic mass is 16.5. The molecular formula is C31H31N3O4. The molecule has 194 valence electrons. The molecule has 0 unspecified atom stereocenters. The number of methoxy groups -OCH3 is 1. The van der Waals surface area contributed by atoms with Gasteiger partial charge in [0.2, 0.25) is 0 Å². The Morgan fingerprint density at radius 3 is 2.26 bits per heavy atom. The summed E-state index contributed by atoms with van der Waals surface area (Å²) in [7, 11) is 1.64. The first-order valence-electron chi connectivity index (χ1n) is 12.7. The van der Waals surface area contributed by atoms with Crippen LogP contribution in [0.2, 0.25) is 0 Å². The van der Waals surface area contributed by atoms with E-state index in [1.165, 1.54) is 4.90 Å². The number of aryl methyl sites for hydroxylation is 1. The monoisotopic (exact) mass is 509 g/mol. The molecule has 7 nitrogen and oxygen atoms in total. The Morgan fingerprint density at radius 1 is 0.921 bits per heavy atom. The fourth-order valence-corrected chi connectivity index (χ4v) is 5.32. The standard InChI is InChI=1S/C31H31N3O4/c1-22-19-26(29(24-13-7-4-8-14-24)34(22)27-15-9-10-16-28(27)38-2)30(35)33-18-17-32(31(36)37)21-25(33)20-23-11-5-3-6-12-23/h3-16,19,25H,17-18,20-21H2,1-2H3,(H,36,37)/t25-/m1/s1. The number of rotatable bonds is 6. The topological polar surface area (TPSA) is 75.0 Å². The summed E-state index contributed by atoms with van der Waals surface area (Å²) < 4.78 is 7.74. The number of amides is 2. The van der Waals surface area contributed by atoms with Gasteiger partial charge in [0.1, 0.15) is 5.75 Å². The normalized spacial score (nSPS) is 15.4. The van der Waals surface area contributed by atoms with Crippen molar-refractivity contribution >= 4 is 12.0 Å². The smallest absolute Gasteiger partial charge is 0.407 e. The number of piperazine rings is 1. The molecule has 0 bridgehead atoms. The van der Waals surface area contributed by atoms with Crippen LogP contribution in [0.1, 0.15) is 21.6 Å². The third-order valence-corrected chi connectivity index (χ3v) is 7.12. The van der Waals surface area contributed by atoms with Crippen LogP contribution in [-0.4, -0.2) is 64.3 Å². The van der Waals surface area contributed by atoms with Crippen LogP contribution in [0.25, 0.3) is 16.9 Å². The zero-order valence-corrected chi connectivity index (χ0v) is 21.6. The SMILES string of the molecule is COc1ccccc1-n1c(C)cc(C(=O)N2CCN(C(=O)O)C[C@H]2Cc2ccccc2)c1-c1ccccc1. The van der Waals surface area contributed by atoms with Crippen LogP contribution in [0.5, 0.6) is 5.75 Å². The Hall–Kier alpha value is -4.52. The molecule has 4 aromatic rings. The zero-order valence-electron chi connectivity index (χ0n) is 21.6. The largest absolute Gasteiger partial charge is 0.495 e. The third-order valence-electron chi connectivity index (χ3n) is 7.12. The highest BCUT2D eigenvalue weighted by Crippen LogP contribution is 2.35. The average Bonchev–Trinajstić information content (AvgIpc) is 3.30. The first-order chi connectivity index (χ1) is 18.5. The van der Waals surface area contributed by atoms with Gasteiger partial charge in [-0.3, -0.25) is 4.79 Å². The molecule has 2 heterocycles. The molecule has 1 saturated heterocycles. The van der Waals surface area contributed by atoms with Crippen LogP contribution in [-0.2, 0) is 6.42 Å². The van der Waals surface area contributed by atoms with Crippen molar-refractivity contribution in [2.24, 2.45) is 0 Å². The van der Waals surface area contributed by atoms with E-state index in [9.17, 15) is 14.7 Å². The molecule has 1 aromatic heterocycles. The summed E-state index contributed by atoms with van der Waals surface area (Å²) in [6.45, 7) is 2.86. The number of hydrogen-bond donors (Lipinski definition) is 1. The third kappa shape index (κ3) is 4.87. The quantitative estimate of drug-likeness (QED) is 0.372. The number of nitrogens with zero attached hydrogens (tertiary/aromatic N) is 3. The highest BCUT2D eigenvalue weighted by Gasteiger charge is 2.35. The summed E-state index contributed by atoms with van der Waals surface area (Å²) in [5.41, 5.74) is 5.10. The molecule has 0 spiro atoms. The van der Waals surface area contributed by atoms with E-state index >= 15 is 0 Å². The van der Waals surface area contributed by atoms with Gasteiger partial charge in [0.25, 0.3) is 5.91 Å². The Bertz CT molecular complexity index is 1430. The van der Waals surface area contributed by atoms with Gasteiger partial charge in [-0.2, -0.15) is 0 Å². The molecule has 0 aliphatic carbocycles. The van der Waals surface area contributed by atoms with E-state index in [-0.39, 0.29) is 25.0 Å². The van der Waals surface area contributed by atoms with Crippen molar-refractivity contribution in [1.29, 1.82) is 0 Å². The molecule has 5 rings (SSSR count). The lowest BCUT2D eigenvalue weighted by atomic mass is 10.00. The van der Waals surface area contributed by atoms with Crippen LogP contribution < -0.4 is 4.74 Å². The summed E-state index contributed by atoms with van der Waals surface area (Å²) in [5.74, 6) is 0.603. The fourth-order valence-electron chi connectivity index (χ4n) is 5.32. The van der Waals surface area contributed by atoms with Gasteiger partial charge >= 0.3 is 6.09 Å². The van der Waals surface area contributed by atoms with Gasteiger partial charge in [0.15, 0.2) is 0 Å². The first kappa shape index (κ1) is 25.1. The minimum absolute atomic E-state index is 0.105. The Labute approximate surface area is 222 Å². The lowest BCUT2D eigenvalue weighted by molar-refractivity contribution is 0.0451. The summed E-state index contributed by atoms with van der Waals surface area (Å²) in [5, 5.41) is 9.68. The number of carbonyl (C=O) groups excluding carboxylic acids is 1. The maximum atomic E-state index is 14.3. The van der Waals surface area contributed by atoms with Crippen LogP contribution in [0, 0.1) is 6.92 Å². The second-order valence-electron chi connectivity index (χ2n) is 9.49. The van der Waals surface area contributed by atoms with Crippen molar-refractivity contribution < 1.29 is 19.4 Å². The lowest BCUT2D eigenvalue weighted by Gasteiger charge is -2.40. The van der Waals surface area contributed by atoms with Gasteiger partial charge in [0, 0.05) is 25.3 Å². The fraction of sp³-hybridized carbons (Fsp3) is 0.226. The molecule has 1 atom stereocenters. The van der Waals surface area contributed by atoms with Crippen molar-refractivity contribution in [2.75, 3.05) is 26.7 Å². The molecule has 2 amide bonds. The minimum atomic E-state index is -0.960. The second-order valence-corrected chi connectivity index (χ2v) is 9.49. The predicted octanol–water partition coefficient (Wildman–Crippen LogP) is 5.51. The van der Waals surface area contributed by atoms with E-state index in [1.807, 2.05) is 103 Å². The van der Waals surface area contributed by atoms with Gasteiger partial charge < -0.3 is 24.2 Å². The zero-order chi connectivity index (χ0) is 26.6. The van der Waals surface area contributed by atoms with Crippen LogP contribution in [0.4, 0.5) is 4.79 Å². The number of ether oxygens (including phenoxy) is 1. The molecule has 38 heavy (non-hydrogen) atoms. The van der Waals surface area contributed by atoms with Crippen molar-refractivity contribution in [3.05, 3.63) is 108 Å². The van der Waals surface area contributed by atoms with Crippen LogP contribution >= 0.6 is 0 Å². The van der Waals surface area contributed by atoms with Gasteiger partial charge in [0.05, 0.1) is 30.1 Å². The summed E-state index contributed by atoms with van der Waals surface area (Å²) in [6.07, 6.45) is -0.387. The molecule has 7 heteroatoms. The van der Waals surface area contributed by atoms with Gasteiger partial charge in [-0.15, -0.1) is 0 Å². The summed E-state index contributed by atoms with van der Waals surface area (Å²) in [6, 6.07) is 29.2. The van der Waals surface area contributed by atoms with Crippen molar-refractivity contribution in [3.63, 3.8) is 0 Å². The molecule has 1 fully saturated rings. The number of benzene rings is 3. The van der Waals surface area contributed by atoms with Crippen LogP contribution in [0.3, 0.4) is 0 Å². The Balaban J connectivity index is 1.61. The maximum Gasteiger partial charge on any atom is 0.407 e. The molecule has 0 saturated carbocycles. The summed E-state index contributed by atoms with van der Waals surface area (Å²) >= 11 is 0. The minimum Gasteiger partial charge on any atom is -0.495 e. The van der Waals surface area contributed by atoms with Crippen molar-refractivity contribution in [3.8, 4) is 22.7 Å². The van der Waals surface area contributed by atoms with E-state index in [4.69, 9.17) is 4.74 Å². The summed E-state index contributed by atoms with van der Waals surface area (Å²) in [4.78, 5) is 29.4. The number of carboxylic acid groups (broad SMARTS) is 1. The molecule has 3 aromatic carbocycles. The predicted molar refractivity (Wildman–Crippen MR) is 147 cm³/mol. The van der Waals surface area contributed by atoms with E-state index in [0.29, 0.717) is 24.3 Å². The van der Waals surface area contributed by atoms with E-state index in [1.54, 1.807) is 7.11 Å². The Morgan fingerprint density at radius 2 is 1.58 bits per heavy atom. The number of carbonyl (C=O) groups is 2. The van der Waals surface area contributed by atoms with Crippen molar-refractivity contribution in [2.45, 2.75) is 19.4 Å². The number of para-hydroxylation sites is 2. The van der Waals surface area contributed by atoms with Gasteiger partial charge in [-0.1, -0.05) is 72.8 Å². The molecule has 1 aliphatic rings. The molecular weight excluding hydrogens is 478 g/mol. The Kier molecular flexibility index (Phi) is 7.18. The average molecular weight is 510 g/mol. The van der Waals surface area contributed by atoms with Gasteiger partial charge in [-0.25, -0.2) is 4.79 Å². The number of hydrogen-bond acceptors (Lipinski definition) is 3. The van der Waals surface area contributed by atoms with E-state index in [2.05, 4.69) is 4.57 Å². The lowest BCUT2D eigenvalue weighted by Crippen LogP contribution is -2.57. The van der Waals surface area contributed by atoms with Crippen molar-refractivity contribution in [1.82, 2.24) is 14.4 Å². The van der Waals surface area contributed by atoms with E-state index in [0.717, 1.165) is 28.2 Å². The van der Waals surface area contributed by atoms with E-state index < -0.39 is 6.09 Å². The van der Waals surface area contributed by atoms with Gasteiger partial charge in [-0.05, 0) is 42.7 Å².